The van der Waals surface area contributed by atoms with Gasteiger partial charge in [0, 0.05) is 13.1 Å². The number of aromatic carboxylic acids is 1. The van der Waals surface area contributed by atoms with Crippen molar-refractivity contribution < 1.29 is 9.90 Å². The molecule has 0 atom stereocenters. The molecule has 1 aliphatic heterocycles. The van der Waals surface area contributed by atoms with Gasteiger partial charge in [0.2, 0.25) is 0 Å². The highest BCUT2D eigenvalue weighted by Gasteiger charge is 2.20. The number of nitrogens with zero attached hydrogens (tertiary/aromatic N) is 1. The van der Waals surface area contributed by atoms with Crippen molar-refractivity contribution in [1.82, 2.24) is 4.90 Å². The fourth-order valence-corrected chi connectivity index (χ4v) is 3.17. The highest BCUT2D eigenvalue weighted by atomic mass is 16.4. The van der Waals surface area contributed by atoms with Gasteiger partial charge >= 0.3 is 5.97 Å². The van der Waals surface area contributed by atoms with Crippen molar-refractivity contribution in [3.63, 3.8) is 0 Å². The number of unbranched alkanes of at least 4 members (excludes halogenated alkanes) is 5. The van der Waals surface area contributed by atoms with Crippen LogP contribution in [0.25, 0.3) is 0 Å². The van der Waals surface area contributed by atoms with Gasteiger partial charge in [-0.25, -0.2) is 4.79 Å². The zero-order valence-electron chi connectivity index (χ0n) is 13.1. The summed E-state index contributed by atoms with van der Waals surface area (Å²) >= 11 is 0. The third-order valence-electron chi connectivity index (χ3n) is 4.40. The largest absolute Gasteiger partial charge is 0.478 e. The number of benzene rings is 1. The first-order valence-electron chi connectivity index (χ1n) is 8.28. The van der Waals surface area contributed by atoms with Crippen LogP contribution in [0.1, 0.15) is 66.9 Å². The Hall–Kier alpha value is -1.35. The number of carboxylic acid groups (broad SMARTS) is 1. The number of carboxylic acids is 1. The van der Waals surface area contributed by atoms with Crippen molar-refractivity contribution in [3.05, 3.63) is 34.9 Å². The smallest absolute Gasteiger partial charge is 0.335 e. The third kappa shape index (κ3) is 4.57. The molecule has 2 rings (SSSR count). The highest BCUT2D eigenvalue weighted by molar-refractivity contribution is 5.89. The Bertz CT molecular complexity index is 470. The summed E-state index contributed by atoms with van der Waals surface area (Å²) in [4.78, 5) is 13.7. The lowest BCUT2D eigenvalue weighted by molar-refractivity contribution is 0.0694. The molecule has 21 heavy (non-hydrogen) atoms. The van der Waals surface area contributed by atoms with Crippen LogP contribution in [0, 0.1) is 0 Å². The van der Waals surface area contributed by atoms with Crippen molar-refractivity contribution in [1.29, 1.82) is 0 Å². The first kappa shape index (κ1) is 16.0. The van der Waals surface area contributed by atoms with E-state index in [9.17, 15) is 9.90 Å². The summed E-state index contributed by atoms with van der Waals surface area (Å²) in [7, 11) is 0. The van der Waals surface area contributed by atoms with E-state index < -0.39 is 5.97 Å². The fourth-order valence-electron chi connectivity index (χ4n) is 3.17. The minimum atomic E-state index is -0.795. The van der Waals surface area contributed by atoms with Crippen molar-refractivity contribution in [2.75, 3.05) is 13.1 Å². The zero-order chi connectivity index (χ0) is 15.1. The van der Waals surface area contributed by atoms with E-state index in [1.807, 2.05) is 6.07 Å². The molecule has 1 aliphatic rings. The second-order valence-electron chi connectivity index (χ2n) is 6.04. The molecule has 0 aliphatic carbocycles. The second-order valence-corrected chi connectivity index (χ2v) is 6.04. The van der Waals surface area contributed by atoms with E-state index in [1.165, 1.54) is 44.1 Å². The number of carbonyl (C=O) groups is 1. The van der Waals surface area contributed by atoms with Crippen molar-refractivity contribution in [3.8, 4) is 0 Å². The standard InChI is InChI=1S/C18H27NO2/c1-2-3-4-5-6-7-12-19-13-11-16-15(14-19)9-8-10-17(16)18(20)21/h8-10H,2-7,11-14H2,1H3,(H,20,21). The molecule has 1 aromatic rings. The maximum Gasteiger partial charge on any atom is 0.335 e. The molecule has 1 aromatic carbocycles. The van der Waals surface area contributed by atoms with E-state index in [4.69, 9.17) is 0 Å². The molecule has 0 amide bonds. The number of hydrogen-bond acceptors (Lipinski definition) is 2. The predicted molar refractivity (Wildman–Crippen MR) is 85.8 cm³/mol. The van der Waals surface area contributed by atoms with Gasteiger partial charge in [-0.1, -0.05) is 51.2 Å². The summed E-state index contributed by atoms with van der Waals surface area (Å²) in [6, 6.07) is 5.68. The normalized spacial score (nSPS) is 14.9. The Labute approximate surface area is 128 Å². The van der Waals surface area contributed by atoms with E-state index in [0.717, 1.165) is 31.6 Å². The summed E-state index contributed by atoms with van der Waals surface area (Å²) in [6.45, 7) is 5.29. The Morgan fingerprint density at radius 1 is 1.19 bits per heavy atom. The molecule has 0 spiro atoms. The van der Waals surface area contributed by atoms with Crippen LogP contribution in [0.15, 0.2) is 18.2 Å². The molecule has 0 fully saturated rings. The lowest BCUT2D eigenvalue weighted by Gasteiger charge is -2.29. The maximum absolute atomic E-state index is 11.2. The lowest BCUT2D eigenvalue weighted by Crippen LogP contribution is -2.32. The highest BCUT2D eigenvalue weighted by Crippen LogP contribution is 2.23. The second kappa shape index (κ2) is 8.18. The predicted octanol–water partition coefficient (Wildman–Crippen LogP) is 4.10. The molecule has 1 N–H and O–H groups in total. The lowest BCUT2D eigenvalue weighted by atomic mass is 9.94. The quantitative estimate of drug-likeness (QED) is 0.732. The molecule has 116 valence electrons. The Morgan fingerprint density at radius 3 is 2.71 bits per heavy atom. The fraction of sp³-hybridized carbons (Fsp3) is 0.611. The molecule has 1 heterocycles. The molecule has 0 unspecified atom stereocenters. The number of fused-ring (bicyclic) bond motifs is 1. The van der Waals surface area contributed by atoms with E-state index in [2.05, 4.69) is 17.9 Å². The van der Waals surface area contributed by atoms with Crippen LogP contribution in [0.4, 0.5) is 0 Å². The summed E-state index contributed by atoms with van der Waals surface area (Å²) < 4.78 is 0. The molecule has 0 radical (unpaired) electrons. The van der Waals surface area contributed by atoms with Gasteiger partial charge in [-0.3, -0.25) is 4.90 Å². The summed E-state index contributed by atoms with van der Waals surface area (Å²) in [6.07, 6.45) is 8.82. The first-order valence-corrected chi connectivity index (χ1v) is 8.28. The van der Waals surface area contributed by atoms with Gasteiger partial charge < -0.3 is 5.11 Å². The zero-order valence-corrected chi connectivity index (χ0v) is 13.1. The third-order valence-corrected chi connectivity index (χ3v) is 4.40. The molecule has 0 bridgehead atoms. The summed E-state index contributed by atoms with van der Waals surface area (Å²) in [5, 5.41) is 9.24. The number of hydrogen-bond donors (Lipinski definition) is 1. The molecule has 0 saturated heterocycles. The molecular formula is C18H27NO2. The van der Waals surface area contributed by atoms with Crippen LogP contribution in [-0.2, 0) is 13.0 Å². The monoisotopic (exact) mass is 289 g/mol. The van der Waals surface area contributed by atoms with Gasteiger partial charge in [0.05, 0.1) is 5.56 Å². The molecule has 3 heteroatoms. The van der Waals surface area contributed by atoms with E-state index in [1.54, 1.807) is 6.07 Å². The summed E-state index contributed by atoms with van der Waals surface area (Å²) in [5.74, 6) is -0.795. The van der Waals surface area contributed by atoms with Gasteiger partial charge in [0.25, 0.3) is 0 Å². The topological polar surface area (TPSA) is 40.5 Å². The minimum Gasteiger partial charge on any atom is -0.478 e. The van der Waals surface area contributed by atoms with Gasteiger partial charge in [-0.05, 0) is 36.6 Å². The Morgan fingerprint density at radius 2 is 1.95 bits per heavy atom. The summed E-state index contributed by atoms with van der Waals surface area (Å²) in [5.41, 5.74) is 2.74. The van der Waals surface area contributed by atoms with Crippen LogP contribution < -0.4 is 0 Å². The molecule has 0 saturated carbocycles. The first-order chi connectivity index (χ1) is 10.2. The molecular weight excluding hydrogens is 262 g/mol. The Balaban J connectivity index is 1.80. The van der Waals surface area contributed by atoms with Crippen LogP contribution in [0.2, 0.25) is 0 Å². The molecule has 3 nitrogen and oxygen atoms in total. The van der Waals surface area contributed by atoms with Crippen LogP contribution in [0.3, 0.4) is 0 Å². The van der Waals surface area contributed by atoms with Crippen LogP contribution in [-0.4, -0.2) is 29.1 Å². The van der Waals surface area contributed by atoms with Crippen LogP contribution in [0.5, 0.6) is 0 Å². The van der Waals surface area contributed by atoms with Crippen molar-refractivity contribution >= 4 is 5.97 Å². The van der Waals surface area contributed by atoms with Crippen molar-refractivity contribution in [2.24, 2.45) is 0 Å². The molecule has 0 aromatic heterocycles. The van der Waals surface area contributed by atoms with E-state index >= 15 is 0 Å². The SMILES string of the molecule is CCCCCCCCN1CCc2c(cccc2C(=O)O)C1. The van der Waals surface area contributed by atoms with E-state index in [0.29, 0.717) is 5.56 Å². The van der Waals surface area contributed by atoms with Crippen LogP contribution >= 0.6 is 0 Å². The van der Waals surface area contributed by atoms with Gasteiger partial charge in [-0.15, -0.1) is 0 Å². The van der Waals surface area contributed by atoms with Gasteiger partial charge in [0.15, 0.2) is 0 Å². The van der Waals surface area contributed by atoms with Gasteiger partial charge in [-0.2, -0.15) is 0 Å². The van der Waals surface area contributed by atoms with E-state index in [-0.39, 0.29) is 0 Å². The van der Waals surface area contributed by atoms with Gasteiger partial charge in [0.1, 0.15) is 0 Å². The maximum atomic E-state index is 11.2. The average molecular weight is 289 g/mol. The Kier molecular flexibility index (Phi) is 6.24. The average Bonchev–Trinajstić information content (AvgIpc) is 2.49. The minimum absolute atomic E-state index is 0.492. The van der Waals surface area contributed by atoms with Crippen molar-refractivity contribution in [2.45, 2.75) is 58.4 Å². The number of rotatable bonds is 8.